The summed E-state index contributed by atoms with van der Waals surface area (Å²) in [5.41, 5.74) is 10.3. The van der Waals surface area contributed by atoms with Crippen LogP contribution >= 0.6 is 0 Å². The monoisotopic (exact) mass is 845 g/mol. The number of hydrogen-bond acceptors (Lipinski definition) is 2. The summed E-state index contributed by atoms with van der Waals surface area (Å²) in [7, 11) is 0. The first-order valence-corrected chi connectivity index (χ1v) is 17.6. The smallest absolute Gasteiger partial charge is 0.331 e. The van der Waals surface area contributed by atoms with E-state index in [0.29, 0.717) is 11.8 Å². The van der Waals surface area contributed by atoms with Crippen molar-refractivity contribution in [1.29, 1.82) is 0 Å². The van der Waals surface area contributed by atoms with Crippen LogP contribution in [-0.4, -0.2) is 19.1 Å². The van der Waals surface area contributed by atoms with Crippen molar-refractivity contribution >= 4 is 32.6 Å². The SMILES string of the molecule is CC(C)c1cccc(C(C)C)c1-n1ccnc1-c1[c-]c2c(-c3[c-]c4c(cc3)c3ccccc3n4-c3cc(C(C)(C)C)ccn3)cccc2cc1.[Pt+2]. The third-order valence-electron chi connectivity index (χ3n) is 9.97. The molecule has 0 atom stereocenters. The first-order chi connectivity index (χ1) is 24.1. The van der Waals surface area contributed by atoms with Crippen molar-refractivity contribution in [2.24, 2.45) is 0 Å². The standard InChI is InChI=1S/C46H42N4.Pt/c1-29(2)35-14-11-15-36(30(3)4)44(35)49-25-24-48-45(49)33-19-18-31-12-10-16-37(40(31)26-33)32-20-21-39-38-13-8-9-17-41(38)50(42(39)27-32)43-28-34(22-23-47-43)46(5,6)7;/h8-25,28-30H,1-7H3;/q-2;+2. The molecular weight excluding hydrogens is 804 g/mol. The summed E-state index contributed by atoms with van der Waals surface area (Å²) in [5.74, 6) is 2.54. The maximum absolute atomic E-state index is 4.92. The molecule has 8 rings (SSSR count). The van der Waals surface area contributed by atoms with Gasteiger partial charge in [-0.25, -0.2) is 4.98 Å². The molecule has 0 unspecified atom stereocenters. The minimum absolute atomic E-state index is 0. The van der Waals surface area contributed by atoms with E-state index >= 15 is 0 Å². The quantitative estimate of drug-likeness (QED) is 0.156. The zero-order valence-corrected chi connectivity index (χ0v) is 32.5. The number of pyridine rings is 1. The summed E-state index contributed by atoms with van der Waals surface area (Å²) in [5, 5.41) is 4.52. The van der Waals surface area contributed by atoms with Gasteiger partial charge in [0.05, 0.1) is 5.82 Å². The number of hydrogen-bond donors (Lipinski definition) is 0. The maximum Gasteiger partial charge on any atom is 2.00 e. The van der Waals surface area contributed by atoms with E-state index in [-0.39, 0.29) is 26.5 Å². The molecule has 0 aliphatic heterocycles. The topological polar surface area (TPSA) is 35.6 Å². The Bertz CT molecular complexity index is 2520. The van der Waals surface area contributed by atoms with Gasteiger partial charge in [-0.15, -0.1) is 52.9 Å². The summed E-state index contributed by atoms with van der Waals surface area (Å²) in [6.07, 6.45) is 5.93. The van der Waals surface area contributed by atoms with Crippen molar-refractivity contribution in [2.75, 3.05) is 0 Å². The van der Waals surface area contributed by atoms with Crippen molar-refractivity contribution in [3.05, 3.63) is 144 Å². The molecule has 8 aromatic rings. The van der Waals surface area contributed by atoms with Crippen LogP contribution in [0.2, 0.25) is 0 Å². The summed E-state index contributed by atoms with van der Waals surface area (Å²) in [4.78, 5) is 9.80. The molecule has 0 fully saturated rings. The molecule has 3 aromatic heterocycles. The molecule has 0 bridgehead atoms. The summed E-state index contributed by atoms with van der Waals surface area (Å²) in [6.45, 7) is 15.8. The Labute approximate surface area is 315 Å². The molecule has 0 aliphatic carbocycles. The number of rotatable bonds is 6. The Morgan fingerprint density at radius 2 is 1.39 bits per heavy atom. The number of aromatic nitrogens is 4. The van der Waals surface area contributed by atoms with E-state index in [0.717, 1.165) is 55.5 Å². The molecule has 3 heterocycles. The molecule has 0 saturated heterocycles. The third kappa shape index (κ3) is 6.04. The molecule has 256 valence electrons. The van der Waals surface area contributed by atoms with Gasteiger partial charge >= 0.3 is 21.1 Å². The molecule has 0 aliphatic rings. The molecular formula is C46H42N4Pt. The van der Waals surface area contributed by atoms with Crippen LogP contribution in [0.25, 0.3) is 66.6 Å². The minimum Gasteiger partial charge on any atom is -0.331 e. The van der Waals surface area contributed by atoms with E-state index in [1.54, 1.807) is 0 Å². The molecule has 51 heavy (non-hydrogen) atoms. The first kappa shape index (κ1) is 34.6. The zero-order chi connectivity index (χ0) is 34.7. The van der Waals surface area contributed by atoms with Crippen molar-refractivity contribution < 1.29 is 21.1 Å². The molecule has 0 amide bonds. The van der Waals surface area contributed by atoms with Gasteiger partial charge in [0.25, 0.3) is 0 Å². The minimum atomic E-state index is 0. The Kier molecular flexibility index (Phi) is 9.10. The van der Waals surface area contributed by atoms with Crippen LogP contribution in [0.15, 0.2) is 116 Å². The van der Waals surface area contributed by atoms with Gasteiger partial charge < -0.3 is 9.13 Å². The van der Waals surface area contributed by atoms with Crippen LogP contribution in [0.5, 0.6) is 0 Å². The molecule has 0 radical (unpaired) electrons. The Balaban J connectivity index is 0.00000406. The van der Waals surface area contributed by atoms with Crippen molar-refractivity contribution in [1.82, 2.24) is 19.1 Å². The second-order valence-corrected chi connectivity index (χ2v) is 15.0. The van der Waals surface area contributed by atoms with Crippen LogP contribution in [-0.2, 0) is 26.5 Å². The number of fused-ring (bicyclic) bond motifs is 4. The molecule has 5 heteroatoms. The molecule has 0 saturated carbocycles. The van der Waals surface area contributed by atoms with Crippen LogP contribution < -0.4 is 0 Å². The maximum atomic E-state index is 4.92. The van der Waals surface area contributed by atoms with Crippen molar-refractivity contribution in [2.45, 2.75) is 65.7 Å². The molecule has 4 nitrogen and oxygen atoms in total. The summed E-state index contributed by atoms with van der Waals surface area (Å²) in [6, 6.07) is 42.5. The van der Waals surface area contributed by atoms with Gasteiger partial charge in [0.1, 0.15) is 5.82 Å². The van der Waals surface area contributed by atoms with E-state index in [2.05, 4.69) is 173 Å². The van der Waals surface area contributed by atoms with E-state index in [9.17, 15) is 0 Å². The van der Waals surface area contributed by atoms with Gasteiger partial charge in [-0.05, 0) is 63.0 Å². The van der Waals surface area contributed by atoms with Gasteiger partial charge in [0, 0.05) is 29.8 Å². The Morgan fingerprint density at radius 1 is 0.667 bits per heavy atom. The fourth-order valence-electron chi connectivity index (χ4n) is 7.32. The van der Waals surface area contributed by atoms with Crippen LogP contribution in [0.1, 0.15) is 77.0 Å². The Hall–Kier alpha value is -4.79. The second-order valence-electron chi connectivity index (χ2n) is 15.0. The normalized spacial score (nSPS) is 12.0. The van der Waals surface area contributed by atoms with E-state index in [1.165, 1.54) is 27.8 Å². The second kappa shape index (κ2) is 13.4. The van der Waals surface area contributed by atoms with Crippen molar-refractivity contribution in [3.8, 4) is 34.0 Å². The fraction of sp³-hybridized carbons (Fsp3) is 0.217. The van der Waals surface area contributed by atoms with Crippen LogP contribution in [0.4, 0.5) is 0 Å². The van der Waals surface area contributed by atoms with Gasteiger partial charge in [0.15, 0.2) is 0 Å². The molecule has 0 spiro atoms. The predicted molar refractivity (Wildman–Crippen MR) is 209 cm³/mol. The number of imidazole rings is 1. The Morgan fingerprint density at radius 3 is 2.14 bits per heavy atom. The van der Waals surface area contributed by atoms with Crippen molar-refractivity contribution in [3.63, 3.8) is 0 Å². The van der Waals surface area contributed by atoms with E-state index < -0.39 is 0 Å². The van der Waals surface area contributed by atoms with Crippen LogP contribution in [0.3, 0.4) is 0 Å². The van der Waals surface area contributed by atoms with Gasteiger partial charge in [0.2, 0.25) is 0 Å². The largest absolute Gasteiger partial charge is 2.00 e. The average Bonchev–Trinajstić information content (AvgIpc) is 3.73. The van der Waals surface area contributed by atoms with E-state index in [1.807, 2.05) is 12.4 Å². The first-order valence-electron chi connectivity index (χ1n) is 17.6. The molecule has 0 N–H and O–H groups in total. The van der Waals surface area contributed by atoms with E-state index in [4.69, 9.17) is 9.97 Å². The average molecular weight is 846 g/mol. The fourth-order valence-corrected chi connectivity index (χ4v) is 7.32. The summed E-state index contributed by atoms with van der Waals surface area (Å²) >= 11 is 0. The third-order valence-corrected chi connectivity index (χ3v) is 9.97. The van der Waals surface area contributed by atoms with Crippen LogP contribution in [0, 0.1) is 12.1 Å². The molecule has 5 aromatic carbocycles. The predicted octanol–water partition coefficient (Wildman–Crippen LogP) is 12.0. The van der Waals surface area contributed by atoms with Gasteiger partial charge in [-0.3, -0.25) is 4.98 Å². The summed E-state index contributed by atoms with van der Waals surface area (Å²) < 4.78 is 4.53. The zero-order valence-electron chi connectivity index (χ0n) is 30.2. The van der Waals surface area contributed by atoms with Gasteiger partial charge in [-0.2, -0.15) is 0 Å². The number of nitrogens with zero attached hydrogens (tertiary/aromatic N) is 4. The van der Waals surface area contributed by atoms with Gasteiger partial charge in [-0.1, -0.05) is 119 Å². The number of benzene rings is 5. The number of para-hydroxylation sites is 2.